The van der Waals surface area contributed by atoms with Crippen LogP contribution in [0.15, 0.2) is 5.51 Å². The second-order valence-corrected chi connectivity index (χ2v) is 5.83. The van der Waals surface area contributed by atoms with Crippen LogP contribution in [-0.4, -0.2) is 11.0 Å². The lowest BCUT2D eigenvalue weighted by Gasteiger charge is -2.19. The van der Waals surface area contributed by atoms with Gasteiger partial charge in [0.05, 0.1) is 11.2 Å². The summed E-state index contributed by atoms with van der Waals surface area (Å²) in [6.07, 6.45) is 6.68. The predicted octanol–water partition coefficient (Wildman–Crippen LogP) is 4.46. The van der Waals surface area contributed by atoms with Gasteiger partial charge >= 0.3 is 0 Å². The lowest BCUT2D eigenvalue weighted by molar-refractivity contribution is 0.440. The highest BCUT2D eigenvalue weighted by Crippen LogP contribution is 2.22. The molecule has 0 aliphatic carbocycles. The number of hydrogen-bond acceptors (Lipinski definition) is 3. The van der Waals surface area contributed by atoms with Gasteiger partial charge in [0, 0.05) is 17.0 Å². The van der Waals surface area contributed by atoms with Crippen LogP contribution in [-0.2, 0) is 0 Å². The van der Waals surface area contributed by atoms with E-state index in [9.17, 15) is 0 Å². The van der Waals surface area contributed by atoms with Crippen LogP contribution in [0.1, 0.15) is 69.5 Å². The van der Waals surface area contributed by atoms with Crippen LogP contribution in [0, 0.1) is 6.92 Å². The maximum Gasteiger partial charge on any atom is 0.0798 e. The Morgan fingerprint density at radius 2 is 2.06 bits per heavy atom. The van der Waals surface area contributed by atoms with E-state index in [1.54, 1.807) is 11.3 Å². The van der Waals surface area contributed by atoms with Crippen molar-refractivity contribution in [2.45, 2.75) is 71.9 Å². The Kier molecular flexibility index (Phi) is 6.75. The van der Waals surface area contributed by atoms with Crippen molar-refractivity contribution in [3.05, 3.63) is 16.1 Å². The van der Waals surface area contributed by atoms with Crippen molar-refractivity contribution in [2.24, 2.45) is 0 Å². The first kappa shape index (κ1) is 14.7. The standard InChI is InChI=1S/C14H26N2S/c1-5-6-7-8-9-11(2)16-13(4)14-12(3)15-10-17-14/h10-11,13,16H,5-9H2,1-4H3. The Balaban J connectivity index is 2.26. The van der Waals surface area contributed by atoms with Gasteiger partial charge in [0.1, 0.15) is 0 Å². The molecule has 1 N–H and O–H groups in total. The van der Waals surface area contributed by atoms with Gasteiger partial charge in [0.15, 0.2) is 0 Å². The Morgan fingerprint density at radius 1 is 1.29 bits per heavy atom. The third-order valence-corrected chi connectivity index (χ3v) is 4.31. The average molecular weight is 254 g/mol. The summed E-state index contributed by atoms with van der Waals surface area (Å²) >= 11 is 1.76. The molecule has 1 rings (SSSR count). The highest BCUT2D eigenvalue weighted by molar-refractivity contribution is 7.09. The number of thiazole rings is 1. The number of nitrogens with one attached hydrogen (secondary N) is 1. The average Bonchev–Trinajstić information content (AvgIpc) is 2.71. The highest BCUT2D eigenvalue weighted by atomic mass is 32.1. The third kappa shape index (κ3) is 5.17. The zero-order valence-electron chi connectivity index (χ0n) is 11.6. The van der Waals surface area contributed by atoms with Gasteiger partial charge < -0.3 is 5.32 Å². The van der Waals surface area contributed by atoms with Crippen LogP contribution >= 0.6 is 11.3 Å². The minimum absolute atomic E-state index is 0.434. The molecule has 1 aromatic rings. The fourth-order valence-corrected chi connectivity index (χ4v) is 3.01. The quantitative estimate of drug-likeness (QED) is 0.693. The molecule has 0 aliphatic rings. The molecule has 17 heavy (non-hydrogen) atoms. The summed E-state index contributed by atoms with van der Waals surface area (Å²) in [5.74, 6) is 0. The molecule has 0 saturated heterocycles. The summed E-state index contributed by atoms with van der Waals surface area (Å²) in [6.45, 7) is 8.88. The van der Waals surface area contributed by atoms with E-state index in [0.717, 1.165) is 0 Å². The van der Waals surface area contributed by atoms with E-state index in [-0.39, 0.29) is 0 Å². The number of nitrogens with zero attached hydrogens (tertiary/aromatic N) is 1. The van der Waals surface area contributed by atoms with Gasteiger partial charge in [0.2, 0.25) is 0 Å². The van der Waals surface area contributed by atoms with Gasteiger partial charge in [-0.25, -0.2) is 4.98 Å². The first-order chi connectivity index (χ1) is 8.15. The predicted molar refractivity (Wildman–Crippen MR) is 76.6 cm³/mol. The van der Waals surface area contributed by atoms with E-state index in [0.29, 0.717) is 12.1 Å². The van der Waals surface area contributed by atoms with Crippen molar-refractivity contribution < 1.29 is 0 Å². The zero-order valence-corrected chi connectivity index (χ0v) is 12.4. The molecule has 0 radical (unpaired) electrons. The van der Waals surface area contributed by atoms with Crippen LogP contribution in [0.2, 0.25) is 0 Å². The smallest absolute Gasteiger partial charge is 0.0798 e. The molecule has 1 aromatic heterocycles. The fraction of sp³-hybridized carbons (Fsp3) is 0.786. The Morgan fingerprint density at radius 3 is 2.65 bits per heavy atom. The van der Waals surface area contributed by atoms with Crippen LogP contribution in [0.3, 0.4) is 0 Å². The minimum atomic E-state index is 0.434. The molecule has 2 unspecified atom stereocenters. The zero-order chi connectivity index (χ0) is 12.7. The van der Waals surface area contributed by atoms with Crippen molar-refractivity contribution in [1.82, 2.24) is 10.3 Å². The summed E-state index contributed by atoms with van der Waals surface area (Å²) < 4.78 is 0. The number of aromatic nitrogens is 1. The molecule has 0 aliphatic heterocycles. The van der Waals surface area contributed by atoms with Gasteiger partial charge in [-0.05, 0) is 27.2 Å². The molecule has 0 amide bonds. The van der Waals surface area contributed by atoms with E-state index >= 15 is 0 Å². The Hall–Kier alpha value is -0.410. The van der Waals surface area contributed by atoms with Gasteiger partial charge in [-0.15, -0.1) is 11.3 Å². The normalized spacial score (nSPS) is 14.8. The molecule has 0 spiro atoms. The van der Waals surface area contributed by atoms with Gasteiger partial charge in [-0.3, -0.25) is 0 Å². The van der Waals surface area contributed by atoms with E-state index in [2.05, 4.69) is 38.0 Å². The SMILES string of the molecule is CCCCCCC(C)NC(C)c1scnc1C. The van der Waals surface area contributed by atoms with Crippen LogP contribution < -0.4 is 5.32 Å². The molecule has 0 saturated carbocycles. The number of unbranched alkanes of at least 4 members (excludes halogenated alkanes) is 3. The largest absolute Gasteiger partial charge is 0.307 e. The highest BCUT2D eigenvalue weighted by Gasteiger charge is 2.13. The molecule has 0 aromatic carbocycles. The van der Waals surface area contributed by atoms with Crippen molar-refractivity contribution in [3.63, 3.8) is 0 Å². The summed E-state index contributed by atoms with van der Waals surface area (Å²) in [7, 11) is 0. The summed E-state index contributed by atoms with van der Waals surface area (Å²) in [5, 5.41) is 3.67. The van der Waals surface area contributed by atoms with E-state index in [1.165, 1.54) is 42.7 Å². The topological polar surface area (TPSA) is 24.9 Å². The summed E-state index contributed by atoms with van der Waals surface area (Å²) in [4.78, 5) is 5.69. The molecular formula is C14H26N2S. The van der Waals surface area contributed by atoms with Crippen molar-refractivity contribution in [3.8, 4) is 0 Å². The number of aryl methyl sites for hydroxylation is 1. The Labute approximate surface area is 110 Å². The minimum Gasteiger partial charge on any atom is -0.307 e. The van der Waals surface area contributed by atoms with Crippen molar-refractivity contribution in [2.75, 3.05) is 0 Å². The second kappa shape index (κ2) is 7.83. The molecule has 2 nitrogen and oxygen atoms in total. The van der Waals surface area contributed by atoms with Gasteiger partial charge in [0.25, 0.3) is 0 Å². The molecular weight excluding hydrogens is 228 g/mol. The van der Waals surface area contributed by atoms with E-state index in [1.807, 2.05) is 5.51 Å². The van der Waals surface area contributed by atoms with Crippen LogP contribution in [0.25, 0.3) is 0 Å². The number of rotatable bonds is 8. The molecule has 1 heterocycles. The first-order valence-electron chi connectivity index (χ1n) is 6.81. The van der Waals surface area contributed by atoms with E-state index < -0.39 is 0 Å². The van der Waals surface area contributed by atoms with Crippen molar-refractivity contribution in [1.29, 1.82) is 0 Å². The maximum atomic E-state index is 4.31. The molecule has 3 heteroatoms. The summed E-state index contributed by atoms with van der Waals surface area (Å²) in [6, 6.07) is 1.03. The number of hydrogen-bond donors (Lipinski definition) is 1. The van der Waals surface area contributed by atoms with E-state index in [4.69, 9.17) is 0 Å². The maximum absolute atomic E-state index is 4.31. The monoisotopic (exact) mass is 254 g/mol. The Bertz CT molecular complexity index is 309. The lowest BCUT2D eigenvalue weighted by atomic mass is 10.1. The van der Waals surface area contributed by atoms with Crippen molar-refractivity contribution >= 4 is 11.3 Å². The molecule has 0 bridgehead atoms. The van der Waals surface area contributed by atoms with Gasteiger partial charge in [-0.2, -0.15) is 0 Å². The first-order valence-corrected chi connectivity index (χ1v) is 7.69. The molecule has 0 fully saturated rings. The fourth-order valence-electron chi connectivity index (χ4n) is 2.19. The second-order valence-electron chi connectivity index (χ2n) is 4.94. The lowest BCUT2D eigenvalue weighted by Crippen LogP contribution is -2.28. The van der Waals surface area contributed by atoms with Gasteiger partial charge in [-0.1, -0.05) is 32.6 Å². The summed E-state index contributed by atoms with van der Waals surface area (Å²) in [5.41, 5.74) is 3.11. The molecule has 2 atom stereocenters. The third-order valence-electron chi connectivity index (χ3n) is 3.20. The van der Waals surface area contributed by atoms with Crippen LogP contribution in [0.5, 0.6) is 0 Å². The molecule has 98 valence electrons. The van der Waals surface area contributed by atoms with Crippen LogP contribution in [0.4, 0.5) is 0 Å².